The summed E-state index contributed by atoms with van der Waals surface area (Å²) in [7, 11) is 0. The maximum absolute atomic E-state index is 12.0. The number of hydrogen-bond donors (Lipinski definition) is 2. The van der Waals surface area contributed by atoms with Crippen molar-refractivity contribution in [3.8, 4) is 0 Å². The molecule has 21 heavy (non-hydrogen) atoms. The van der Waals surface area contributed by atoms with Gasteiger partial charge >= 0.3 is 5.97 Å². The van der Waals surface area contributed by atoms with Crippen LogP contribution in [-0.4, -0.2) is 28.6 Å². The molecule has 2 N–H and O–H groups in total. The van der Waals surface area contributed by atoms with Gasteiger partial charge in [0.05, 0.1) is 0 Å². The number of carboxylic acids is 1. The zero-order valence-corrected chi connectivity index (χ0v) is 13.5. The number of aliphatic carboxylic acids is 1. The predicted octanol–water partition coefficient (Wildman–Crippen LogP) is 3.64. The molecule has 1 saturated carbocycles. The van der Waals surface area contributed by atoms with Crippen molar-refractivity contribution in [3.63, 3.8) is 0 Å². The molecule has 3 nitrogen and oxygen atoms in total. The summed E-state index contributed by atoms with van der Waals surface area (Å²) in [6.45, 7) is 2.61. The fourth-order valence-corrected chi connectivity index (χ4v) is 4.54. The van der Waals surface area contributed by atoms with E-state index in [2.05, 4.69) is 5.32 Å². The lowest BCUT2D eigenvalue weighted by Gasteiger charge is -2.33. The molecule has 1 atom stereocenters. The number of thioether (sulfide) groups is 1. The number of carbonyl (C=O) groups is 1. The molecule has 0 amide bonds. The average Bonchev–Trinajstić information content (AvgIpc) is 2.53. The summed E-state index contributed by atoms with van der Waals surface area (Å²) in [5.74, 6) is -0.191. The normalized spacial score (nSPS) is 19.1. The van der Waals surface area contributed by atoms with E-state index in [9.17, 15) is 9.90 Å². The highest BCUT2D eigenvalue weighted by atomic mass is 32.2. The summed E-state index contributed by atoms with van der Waals surface area (Å²) >= 11 is 1.82. The number of likely N-dealkylation sites (N-methyl/N-ethyl adjacent to an activating group) is 1. The van der Waals surface area contributed by atoms with Gasteiger partial charge in [0.2, 0.25) is 0 Å². The molecule has 0 saturated heterocycles. The molecule has 0 radical (unpaired) electrons. The van der Waals surface area contributed by atoms with E-state index in [0.29, 0.717) is 17.5 Å². The lowest BCUT2D eigenvalue weighted by atomic mass is 9.92. The zero-order chi connectivity index (χ0) is 15.1. The molecule has 1 fully saturated rings. The molecule has 1 aromatic rings. The summed E-state index contributed by atoms with van der Waals surface area (Å²) in [4.78, 5) is 12.0. The minimum absolute atomic E-state index is 0.588. The van der Waals surface area contributed by atoms with E-state index in [4.69, 9.17) is 0 Å². The van der Waals surface area contributed by atoms with Crippen molar-refractivity contribution in [2.24, 2.45) is 0 Å². The van der Waals surface area contributed by atoms with Gasteiger partial charge in [-0.2, -0.15) is 11.8 Å². The van der Waals surface area contributed by atoms with Crippen LogP contribution < -0.4 is 5.32 Å². The first-order valence-corrected chi connectivity index (χ1v) is 8.89. The van der Waals surface area contributed by atoms with Gasteiger partial charge < -0.3 is 5.11 Å². The Morgan fingerprint density at radius 3 is 2.52 bits per heavy atom. The fourth-order valence-electron chi connectivity index (χ4n) is 3.00. The highest BCUT2D eigenvalue weighted by Crippen LogP contribution is 2.34. The lowest BCUT2D eigenvalue weighted by Crippen LogP contribution is -2.51. The van der Waals surface area contributed by atoms with Crippen LogP contribution >= 0.6 is 11.8 Å². The van der Waals surface area contributed by atoms with Crippen molar-refractivity contribution in [1.29, 1.82) is 0 Å². The van der Waals surface area contributed by atoms with Crippen molar-refractivity contribution < 1.29 is 9.90 Å². The fraction of sp³-hybridized carbons (Fsp3) is 0.588. The van der Waals surface area contributed by atoms with Crippen LogP contribution in [0.1, 0.15) is 44.6 Å². The largest absolute Gasteiger partial charge is 0.480 e. The average molecular weight is 307 g/mol. The number of carboxylic acid groups (broad SMARTS) is 1. The van der Waals surface area contributed by atoms with Gasteiger partial charge in [0.1, 0.15) is 0 Å². The Balaban J connectivity index is 2.16. The van der Waals surface area contributed by atoms with Gasteiger partial charge in [-0.1, -0.05) is 56.5 Å². The SMILES string of the molecule is CCNC(CSC1CCCCC1)(C(=O)O)c1ccccc1. The number of nitrogens with one attached hydrogen (secondary N) is 1. The van der Waals surface area contributed by atoms with Crippen LogP contribution in [0.4, 0.5) is 0 Å². The Hall–Kier alpha value is -1.00. The summed E-state index contributed by atoms with van der Waals surface area (Å²) < 4.78 is 0. The second kappa shape index (κ2) is 7.85. The minimum atomic E-state index is -0.974. The van der Waals surface area contributed by atoms with E-state index >= 15 is 0 Å². The molecule has 1 aliphatic rings. The van der Waals surface area contributed by atoms with Crippen LogP contribution in [0.2, 0.25) is 0 Å². The molecule has 1 aliphatic carbocycles. The van der Waals surface area contributed by atoms with Gasteiger partial charge in [-0.25, -0.2) is 4.79 Å². The Labute approximate surface area is 131 Å². The molecule has 1 unspecified atom stereocenters. The Morgan fingerprint density at radius 1 is 1.29 bits per heavy atom. The van der Waals surface area contributed by atoms with Gasteiger partial charge in [0, 0.05) is 11.0 Å². The van der Waals surface area contributed by atoms with Gasteiger partial charge in [0.25, 0.3) is 0 Å². The van der Waals surface area contributed by atoms with Crippen molar-refractivity contribution in [3.05, 3.63) is 35.9 Å². The summed E-state index contributed by atoms with van der Waals surface area (Å²) in [5, 5.41) is 13.7. The van der Waals surface area contributed by atoms with Crippen molar-refractivity contribution in [2.75, 3.05) is 12.3 Å². The lowest BCUT2D eigenvalue weighted by molar-refractivity contribution is -0.144. The number of benzene rings is 1. The molecule has 4 heteroatoms. The van der Waals surface area contributed by atoms with E-state index in [1.165, 1.54) is 32.1 Å². The van der Waals surface area contributed by atoms with Crippen molar-refractivity contribution in [2.45, 2.75) is 49.8 Å². The first kappa shape index (κ1) is 16.4. The van der Waals surface area contributed by atoms with E-state index in [0.717, 1.165) is 5.56 Å². The number of hydrogen-bond acceptors (Lipinski definition) is 3. The first-order valence-electron chi connectivity index (χ1n) is 7.84. The topological polar surface area (TPSA) is 49.3 Å². The number of rotatable bonds is 7. The van der Waals surface area contributed by atoms with Crippen LogP contribution in [0.15, 0.2) is 30.3 Å². The third-order valence-corrected chi connectivity index (χ3v) is 5.74. The van der Waals surface area contributed by atoms with Gasteiger partial charge in [-0.05, 0) is 24.9 Å². The maximum atomic E-state index is 12.0. The molecule has 1 aromatic carbocycles. The van der Waals surface area contributed by atoms with E-state index in [1.807, 2.05) is 49.0 Å². The molecular formula is C17H25NO2S. The minimum Gasteiger partial charge on any atom is -0.480 e. The van der Waals surface area contributed by atoms with Crippen molar-refractivity contribution in [1.82, 2.24) is 5.32 Å². The second-order valence-corrected chi connectivity index (χ2v) is 6.97. The Kier molecular flexibility index (Phi) is 6.12. The third kappa shape index (κ3) is 4.01. The van der Waals surface area contributed by atoms with Gasteiger partial charge in [-0.3, -0.25) is 5.32 Å². The first-order chi connectivity index (χ1) is 10.2. The molecular weight excluding hydrogens is 282 g/mol. The van der Waals surface area contributed by atoms with E-state index < -0.39 is 11.5 Å². The van der Waals surface area contributed by atoms with E-state index in [1.54, 1.807) is 0 Å². The van der Waals surface area contributed by atoms with Gasteiger partial charge in [0.15, 0.2) is 5.54 Å². The monoisotopic (exact) mass is 307 g/mol. The Bertz CT molecular complexity index is 445. The molecule has 0 aromatic heterocycles. The molecule has 2 rings (SSSR count). The predicted molar refractivity (Wildman–Crippen MR) is 88.8 cm³/mol. The van der Waals surface area contributed by atoms with Crippen LogP contribution in [0, 0.1) is 0 Å². The highest BCUT2D eigenvalue weighted by Gasteiger charge is 2.40. The smallest absolute Gasteiger partial charge is 0.329 e. The van der Waals surface area contributed by atoms with Crippen LogP contribution in [0.5, 0.6) is 0 Å². The molecule has 0 bridgehead atoms. The molecule has 116 valence electrons. The second-order valence-electron chi connectivity index (χ2n) is 5.68. The molecule has 0 aliphatic heterocycles. The molecule has 0 spiro atoms. The highest BCUT2D eigenvalue weighted by molar-refractivity contribution is 8.00. The van der Waals surface area contributed by atoms with E-state index in [-0.39, 0.29) is 0 Å². The maximum Gasteiger partial charge on any atom is 0.329 e. The molecule has 0 heterocycles. The van der Waals surface area contributed by atoms with Crippen LogP contribution in [0.3, 0.4) is 0 Å². The zero-order valence-electron chi connectivity index (χ0n) is 12.7. The summed E-state index contributed by atoms with van der Waals surface area (Å²) in [6, 6.07) is 9.58. The summed E-state index contributed by atoms with van der Waals surface area (Å²) in [5.41, 5.74) is -0.124. The quantitative estimate of drug-likeness (QED) is 0.807. The third-order valence-electron chi connectivity index (χ3n) is 4.20. The summed E-state index contributed by atoms with van der Waals surface area (Å²) in [6.07, 6.45) is 6.34. The van der Waals surface area contributed by atoms with Crippen molar-refractivity contribution >= 4 is 17.7 Å². The Morgan fingerprint density at radius 2 is 1.95 bits per heavy atom. The standard InChI is InChI=1S/C17H25NO2S/c1-2-18-17(16(19)20,14-9-5-3-6-10-14)13-21-15-11-7-4-8-12-15/h3,5-6,9-10,15,18H,2,4,7-8,11-13H2,1H3,(H,19,20). The van der Waals surface area contributed by atoms with Crippen LogP contribution in [0.25, 0.3) is 0 Å². The van der Waals surface area contributed by atoms with Crippen LogP contribution in [-0.2, 0) is 10.3 Å². The van der Waals surface area contributed by atoms with Gasteiger partial charge in [-0.15, -0.1) is 0 Å².